The van der Waals surface area contributed by atoms with Crippen molar-refractivity contribution in [1.29, 1.82) is 0 Å². The zero-order valence-corrected chi connectivity index (χ0v) is 12.8. The first-order valence-corrected chi connectivity index (χ1v) is 7.58. The van der Waals surface area contributed by atoms with Crippen LogP contribution in [0.1, 0.15) is 40.7 Å². The molecule has 1 atom stereocenters. The van der Waals surface area contributed by atoms with Crippen LogP contribution in [0.5, 0.6) is 0 Å². The van der Waals surface area contributed by atoms with E-state index in [2.05, 4.69) is 17.2 Å². The first-order valence-electron chi connectivity index (χ1n) is 7.58. The van der Waals surface area contributed by atoms with Crippen molar-refractivity contribution in [3.8, 4) is 11.8 Å². The summed E-state index contributed by atoms with van der Waals surface area (Å²) in [6.07, 6.45) is 0.611. The van der Waals surface area contributed by atoms with Gasteiger partial charge in [0.15, 0.2) is 0 Å². The summed E-state index contributed by atoms with van der Waals surface area (Å²) >= 11 is 0. The van der Waals surface area contributed by atoms with Crippen LogP contribution in [-0.2, 0) is 16.1 Å². The molecule has 2 aliphatic heterocycles. The van der Waals surface area contributed by atoms with Crippen LogP contribution in [0, 0.1) is 17.7 Å². The lowest BCUT2D eigenvalue weighted by molar-refractivity contribution is -0.136. The summed E-state index contributed by atoms with van der Waals surface area (Å²) in [7, 11) is 0. The quantitative estimate of drug-likeness (QED) is 0.604. The molecule has 0 saturated carbocycles. The summed E-state index contributed by atoms with van der Waals surface area (Å²) in [5.41, 5.74) is 0.869. The highest BCUT2D eigenvalue weighted by Crippen LogP contribution is 2.30. The van der Waals surface area contributed by atoms with E-state index >= 15 is 0 Å². The third-order valence-electron chi connectivity index (χ3n) is 4.12. The van der Waals surface area contributed by atoms with E-state index in [-0.39, 0.29) is 49.8 Å². The number of aliphatic hydroxyl groups is 1. The van der Waals surface area contributed by atoms with Gasteiger partial charge in [-0.15, -0.1) is 0 Å². The fourth-order valence-corrected chi connectivity index (χ4v) is 2.95. The van der Waals surface area contributed by atoms with Gasteiger partial charge in [-0.2, -0.15) is 0 Å². The molecule has 7 heteroatoms. The molecule has 24 heavy (non-hydrogen) atoms. The molecule has 0 bridgehead atoms. The summed E-state index contributed by atoms with van der Waals surface area (Å²) in [6.45, 7) is -0.0632. The van der Waals surface area contributed by atoms with Crippen LogP contribution in [0.4, 0.5) is 4.39 Å². The topological polar surface area (TPSA) is 86.7 Å². The Hall–Kier alpha value is -2.72. The van der Waals surface area contributed by atoms with Crippen molar-refractivity contribution in [2.24, 2.45) is 0 Å². The molecule has 1 saturated heterocycles. The Labute approximate surface area is 137 Å². The van der Waals surface area contributed by atoms with E-state index in [0.29, 0.717) is 11.1 Å². The lowest BCUT2D eigenvalue weighted by Crippen LogP contribution is -2.52. The standard InChI is InChI=1S/C17H15FN2O4/c18-13-5-4-11-12(10(13)3-1-2-8-21)9-20(17(11)24)14-6-7-15(22)19-16(14)23/h4-5,14,21H,2,6-9H2,(H,19,22,23). The predicted octanol–water partition coefficient (Wildman–Crippen LogP) is 0.321. The number of carbonyl (C=O) groups excluding carboxylic acids is 3. The summed E-state index contributed by atoms with van der Waals surface area (Å²) in [5.74, 6) is 3.52. The van der Waals surface area contributed by atoms with Gasteiger partial charge < -0.3 is 10.0 Å². The van der Waals surface area contributed by atoms with Crippen molar-refractivity contribution in [2.75, 3.05) is 6.61 Å². The van der Waals surface area contributed by atoms with E-state index in [9.17, 15) is 18.8 Å². The highest BCUT2D eigenvalue weighted by molar-refractivity contribution is 6.05. The third kappa shape index (κ3) is 2.76. The average Bonchev–Trinajstić information content (AvgIpc) is 2.87. The molecule has 3 amide bonds. The normalized spacial score (nSPS) is 19.7. The van der Waals surface area contributed by atoms with Crippen LogP contribution in [0.2, 0.25) is 0 Å². The molecule has 3 rings (SSSR count). The van der Waals surface area contributed by atoms with E-state index in [0.717, 1.165) is 0 Å². The van der Waals surface area contributed by atoms with Crippen LogP contribution < -0.4 is 5.32 Å². The fraction of sp³-hybridized carbons (Fsp3) is 0.353. The maximum atomic E-state index is 14.1. The number of imide groups is 1. The predicted molar refractivity (Wildman–Crippen MR) is 81.0 cm³/mol. The van der Waals surface area contributed by atoms with Gasteiger partial charge in [0.05, 0.1) is 12.2 Å². The van der Waals surface area contributed by atoms with Crippen molar-refractivity contribution in [3.05, 3.63) is 34.6 Å². The third-order valence-corrected chi connectivity index (χ3v) is 4.12. The Morgan fingerprint density at radius 1 is 1.33 bits per heavy atom. The van der Waals surface area contributed by atoms with E-state index in [1.807, 2.05) is 0 Å². The SMILES string of the molecule is O=C1CCC(N2Cc3c(ccc(F)c3C#CCCO)C2=O)C(=O)N1. The number of rotatable bonds is 2. The molecule has 0 aliphatic carbocycles. The summed E-state index contributed by atoms with van der Waals surface area (Å²) in [5, 5.41) is 11.0. The van der Waals surface area contributed by atoms with Gasteiger partial charge in [0.2, 0.25) is 11.8 Å². The number of nitrogens with zero attached hydrogens (tertiary/aromatic N) is 1. The average molecular weight is 330 g/mol. The number of amides is 3. The molecule has 2 N–H and O–H groups in total. The van der Waals surface area contributed by atoms with Crippen LogP contribution in [0.3, 0.4) is 0 Å². The summed E-state index contributed by atoms with van der Waals surface area (Å²) in [4.78, 5) is 37.2. The number of benzene rings is 1. The van der Waals surface area contributed by atoms with Crippen LogP contribution in [0.15, 0.2) is 12.1 Å². The molecule has 2 aliphatic rings. The highest BCUT2D eigenvalue weighted by atomic mass is 19.1. The van der Waals surface area contributed by atoms with Gasteiger partial charge in [-0.05, 0) is 18.6 Å². The van der Waals surface area contributed by atoms with Crippen molar-refractivity contribution < 1.29 is 23.9 Å². The number of piperidine rings is 1. The van der Waals surface area contributed by atoms with Gasteiger partial charge in [0.25, 0.3) is 5.91 Å². The van der Waals surface area contributed by atoms with Gasteiger partial charge in [-0.25, -0.2) is 4.39 Å². The number of nitrogens with one attached hydrogen (secondary N) is 1. The van der Waals surface area contributed by atoms with E-state index < -0.39 is 17.8 Å². The molecule has 124 valence electrons. The molecule has 0 spiro atoms. The van der Waals surface area contributed by atoms with Crippen molar-refractivity contribution in [1.82, 2.24) is 10.2 Å². The fourth-order valence-electron chi connectivity index (χ4n) is 2.95. The molecule has 1 fully saturated rings. The van der Waals surface area contributed by atoms with E-state index in [1.54, 1.807) is 0 Å². The van der Waals surface area contributed by atoms with Crippen molar-refractivity contribution in [2.45, 2.75) is 31.8 Å². The molecule has 1 aromatic rings. The van der Waals surface area contributed by atoms with E-state index in [4.69, 9.17) is 5.11 Å². The zero-order valence-electron chi connectivity index (χ0n) is 12.8. The molecular formula is C17H15FN2O4. The van der Waals surface area contributed by atoms with Crippen LogP contribution in [-0.4, -0.2) is 40.4 Å². The molecule has 0 radical (unpaired) electrons. The Kier molecular flexibility index (Phi) is 4.32. The number of carbonyl (C=O) groups is 3. The zero-order chi connectivity index (χ0) is 17.3. The maximum absolute atomic E-state index is 14.1. The second kappa shape index (κ2) is 6.42. The van der Waals surface area contributed by atoms with Crippen LogP contribution in [0.25, 0.3) is 0 Å². The smallest absolute Gasteiger partial charge is 0.255 e. The minimum absolute atomic E-state index is 0.0708. The monoisotopic (exact) mass is 330 g/mol. The molecule has 0 aromatic heterocycles. The number of hydrogen-bond donors (Lipinski definition) is 2. The minimum atomic E-state index is -0.746. The largest absolute Gasteiger partial charge is 0.395 e. The number of hydrogen-bond acceptors (Lipinski definition) is 4. The summed E-state index contributed by atoms with van der Waals surface area (Å²) < 4.78 is 14.1. The Morgan fingerprint density at radius 3 is 2.83 bits per heavy atom. The lowest BCUT2D eigenvalue weighted by atomic mass is 10.0. The second-order valence-corrected chi connectivity index (χ2v) is 5.62. The number of halogens is 1. The lowest BCUT2D eigenvalue weighted by Gasteiger charge is -2.29. The number of fused-ring (bicyclic) bond motifs is 1. The van der Waals surface area contributed by atoms with Crippen LogP contribution >= 0.6 is 0 Å². The van der Waals surface area contributed by atoms with Gasteiger partial charge in [-0.1, -0.05) is 11.8 Å². The Bertz CT molecular complexity index is 794. The molecule has 1 unspecified atom stereocenters. The summed E-state index contributed by atoms with van der Waals surface area (Å²) in [6, 6.07) is 1.81. The Morgan fingerprint density at radius 2 is 2.12 bits per heavy atom. The molecule has 1 aromatic carbocycles. The minimum Gasteiger partial charge on any atom is -0.395 e. The first-order chi connectivity index (χ1) is 11.5. The Balaban J connectivity index is 1.93. The molecule has 6 nitrogen and oxygen atoms in total. The van der Waals surface area contributed by atoms with Gasteiger partial charge in [0, 0.05) is 30.5 Å². The van der Waals surface area contributed by atoms with Gasteiger partial charge in [-0.3, -0.25) is 19.7 Å². The number of aliphatic hydroxyl groups excluding tert-OH is 1. The van der Waals surface area contributed by atoms with Gasteiger partial charge in [0.1, 0.15) is 11.9 Å². The maximum Gasteiger partial charge on any atom is 0.255 e. The second-order valence-electron chi connectivity index (χ2n) is 5.62. The highest BCUT2D eigenvalue weighted by Gasteiger charge is 2.40. The van der Waals surface area contributed by atoms with E-state index in [1.165, 1.54) is 17.0 Å². The first kappa shape index (κ1) is 16.1. The molecule has 2 heterocycles. The molecular weight excluding hydrogens is 315 g/mol. The van der Waals surface area contributed by atoms with Crippen molar-refractivity contribution >= 4 is 17.7 Å². The van der Waals surface area contributed by atoms with Crippen molar-refractivity contribution in [3.63, 3.8) is 0 Å². The van der Waals surface area contributed by atoms with Gasteiger partial charge >= 0.3 is 0 Å².